The second kappa shape index (κ2) is 18.1. The molecule has 0 atom stereocenters. The van der Waals surface area contributed by atoms with E-state index in [1.807, 2.05) is 6.20 Å². The molecule has 0 unspecified atom stereocenters. The van der Waals surface area contributed by atoms with Crippen LogP contribution in [0.3, 0.4) is 0 Å². The molecule has 0 N–H and O–H groups in total. The second-order valence-corrected chi connectivity index (χ2v) is 27.9. The number of anilines is 9. The summed E-state index contributed by atoms with van der Waals surface area (Å²) in [5, 5.41) is 4.83. The molecule has 0 aliphatic carbocycles. The number of ether oxygens (including phenoxy) is 1. The minimum atomic E-state index is -2.19. The van der Waals surface area contributed by atoms with Crippen LogP contribution in [0, 0.1) is 18.5 Å². The van der Waals surface area contributed by atoms with Gasteiger partial charge in [-0.1, -0.05) is 153 Å². The molecule has 0 bridgehead atoms. The summed E-state index contributed by atoms with van der Waals surface area (Å²) in [4.78, 5) is 12.8. The van der Waals surface area contributed by atoms with Crippen molar-refractivity contribution in [2.45, 2.75) is 39.3 Å². The van der Waals surface area contributed by atoms with Crippen molar-refractivity contribution in [3.63, 3.8) is 0 Å². The van der Waals surface area contributed by atoms with E-state index in [-0.39, 0.29) is 33.2 Å². The third kappa shape index (κ3) is 7.09. The van der Waals surface area contributed by atoms with Gasteiger partial charge in [0.15, 0.2) is 0 Å². The average molecular weight is 1270 g/mol. The Morgan fingerprint density at radius 2 is 1.11 bits per heavy atom. The summed E-state index contributed by atoms with van der Waals surface area (Å²) in [6, 6.07) is 86.8. The number of nitrogens with zero attached hydrogens (tertiary/aromatic N) is 7. The molecule has 10 aromatic carbocycles. The Morgan fingerprint density at radius 3 is 1.75 bits per heavy atom. The molecule has 3 aromatic heterocycles. The molecule has 13 aromatic rings. The van der Waals surface area contributed by atoms with Crippen LogP contribution in [0.2, 0.25) is 13.1 Å². The fourth-order valence-corrected chi connectivity index (χ4v) is 16.8. The van der Waals surface area contributed by atoms with Crippen LogP contribution in [0.1, 0.15) is 26.3 Å². The number of rotatable bonds is 7. The van der Waals surface area contributed by atoms with E-state index < -0.39 is 8.07 Å². The number of hydrogen-bond acceptors (Lipinski definition) is 5. The van der Waals surface area contributed by atoms with Crippen molar-refractivity contribution in [2.24, 2.45) is 0 Å². The van der Waals surface area contributed by atoms with Crippen LogP contribution < -0.4 is 50.8 Å². The molecule has 0 saturated carbocycles. The third-order valence-corrected chi connectivity index (χ3v) is 21.1. The first kappa shape index (κ1) is 49.6. The van der Waals surface area contributed by atoms with Gasteiger partial charge in [0.05, 0.1) is 16.7 Å². The maximum absolute atomic E-state index is 7.08. The maximum atomic E-state index is 7.08. The summed E-state index contributed by atoms with van der Waals surface area (Å²) < 4.78 is 13.8. The van der Waals surface area contributed by atoms with Gasteiger partial charge in [-0.15, -0.1) is 29.5 Å². The Labute approximate surface area is 498 Å². The van der Waals surface area contributed by atoms with Crippen LogP contribution in [-0.2, 0) is 26.5 Å². The SMILES string of the molecule is CC(C)(C)c1ccnc(-n2c3[c-]c(Oc4[c-]c5c(cc4)[Si](C)(C)c4cccc6c4n-5[c-][n+]6-c4ccccc4)ccc3c3c4c5c(cc32)N(c2ccccc2)c2cccc3c2B5c2c(cccc2N4c2ccccc2)N3c2ccccc2)c1.[Pt]. The molecule has 7 heterocycles. The van der Waals surface area contributed by atoms with Gasteiger partial charge in [-0.3, -0.25) is 4.57 Å². The van der Waals surface area contributed by atoms with Crippen LogP contribution in [0.4, 0.5) is 51.2 Å². The van der Waals surface area contributed by atoms with Crippen LogP contribution in [-0.4, -0.2) is 28.9 Å². The fraction of sp³-hybridized carbons (Fsp3) is 0.0833. The molecule has 0 fully saturated rings. The van der Waals surface area contributed by atoms with Crippen molar-refractivity contribution >= 4 is 126 Å². The van der Waals surface area contributed by atoms with Gasteiger partial charge in [0, 0.05) is 104 Å². The van der Waals surface area contributed by atoms with Crippen molar-refractivity contribution < 1.29 is 30.4 Å². The monoisotopic (exact) mass is 1260 g/mol. The van der Waals surface area contributed by atoms with Crippen molar-refractivity contribution in [1.82, 2.24) is 14.1 Å². The van der Waals surface area contributed by atoms with Gasteiger partial charge < -0.3 is 28.6 Å². The summed E-state index contributed by atoms with van der Waals surface area (Å²) >= 11 is 0. The first-order valence-corrected chi connectivity index (χ1v) is 31.3. The Kier molecular flexibility index (Phi) is 10.8. The Balaban J connectivity index is 0.00000565. The van der Waals surface area contributed by atoms with E-state index in [1.54, 1.807) is 0 Å². The van der Waals surface area contributed by atoms with Gasteiger partial charge >= 0.3 is 0 Å². The molecule has 400 valence electrons. The Hall–Kier alpha value is -9.21. The standard InChI is InChI=1S/C72H52BN7OSi.Pt/c1-72(2,3)46-39-40-74-65(41-46)80-59-42-51(81-52-36-38-63-60(43-52)76-45-75(47-21-10-6-11-22-47)58-33-20-34-64(70(58)76)82(63,4)5)35-37-53(59)66-61(80)44-62-69-71(66)79(50-27-16-9-17-28-50)57-32-19-30-55-68(57)73(69)67-54(77(55)48-23-12-7-13-24-48)29-18-31-56(67)78(62)49-25-14-8-15-26-49;/h6-41,44H,1-5H3;/q-2;. The van der Waals surface area contributed by atoms with Crippen molar-refractivity contribution in [3.8, 4) is 28.7 Å². The summed E-state index contributed by atoms with van der Waals surface area (Å²) in [5.74, 6) is 2.00. The number of fused-ring (bicyclic) bond motifs is 6. The van der Waals surface area contributed by atoms with E-state index in [9.17, 15) is 0 Å². The first-order valence-electron chi connectivity index (χ1n) is 28.3. The number of imidazole rings is 1. The summed E-state index contributed by atoms with van der Waals surface area (Å²) in [5.41, 5.74) is 21.3. The molecule has 0 radical (unpaired) electrons. The van der Waals surface area contributed by atoms with E-state index in [0.29, 0.717) is 11.5 Å². The van der Waals surface area contributed by atoms with Gasteiger partial charge in [0.25, 0.3) is 13.0 Å². The van der Waals surface area contributed by atoms with Gasteiger partial charge in [-0.05, 0) is 129 Å². The van der Waals surface area contributed by atoms with Crippen molar-refractivity contribution in [1.29, 1.82) is 0 Å². The molecule has 8 nitrogen and oxygen atoms in total. The van der Waals surface area contributed by atoms with Crippen molar-refractivity contribution in [3.05, 3.63) is 249 Å². The maximum Gasteiger partial charge on any atom is 0.268 e. The van der Waals surface area contributed by atoms with Gasteiger partial charge in [-0.25, -0.2) is 4.98 Å². The molecular weight excluding hydrogens is 1210 g/mol. The first-order chi connectivity index (χ1) is 40.1. The Bertz CT molecular complexity index is 4810. The summed E-state index contributed by atoms with van der Waals surface area (Å²) in [7, 11) is -2.19. The molecule has 17 rings (SSSR count). The average Bonchev–Trinajstić information content (AvgIpc) is 1.83. The number of benzene rings is 10. The predicted octanol–water partition coefficient (Wildman–Crippen LogP) is 13.9. The van der Waals surface area contributed by atoms with Crippen LogP contribution in [0.25, 0.3) is 50.0 Å². The Morgan fingerprint density at radius 1 is 0.542 bits per heavy atom. The molecule has 0 spiro atoms. The number of aromatic nitrogens is 4. The largest absolute Gasteiger partial charge is 0.510 e. The predicted molar refractivity (Wildman–Crippen MR) is 338 cm³/mol. The fourth-order valence-electron chi connectivity index (χ4n) is 13.9. The van der Waals surface area contributed by atoms with E-state index in [2.05, 4.69) is 299 Å². The summed E-state index contributed by atoms with van der Waals surface area (Å²) in [6.45, 7) is 11.6. The molecule has 4 aliphatic rings. The molecule has 0 amide bonds. The van der Waals surface area contributed by atoms with Crippen LogP contribution in [0.15, 0.2) is 225 Å². The van der Waals surface area contributed by atoms with Crippen LogP contribution >= 0.6 is 0 Å². The van der Waals surface area contributed by atoms with Gasteiger partial charge in [-0.2, -0.15) is 12.1 Å². The molecule has 11 heteroatoms. The normalized spacial score (nSPS) is 14.0. The summed E-state index contributed by atoms with van der Waals surface area (Å²) in [6.07, 6.45) is 5.71. The third-order valence-electron chi connectivity index (χ3n) is 17.6. The van der Waals surface area contributed by atoms with Gasteiger partial charge in [0.2, 0.25) is 0 Å². The van der Waals surface area contributed by atoms with Crippen LogP contribution in [0.5, 0.6) is 11.5 Å². The zero-order chi connectivity index (χ0) is 54.8. The van der Waals surface area contributed by atoms with E-state index in [0.717, 1.165) is 84.3 Å². The number of pyridine rings is 1. The van der Waals surface area contributed by atoms with E-state index >= 15 is 0 Å². The zero-order valence-corrected chi connectivity index (χ0v) is 49.6. The zero-order valence-electron chi connectivity index (χ0n) is 46.3. The topological polar surface area (TPSA) is 45.6 Å². The number of hydrogen-bond donors (Lipinski definition) is 0. The minimum Gasteiger partial charge on any atom is -0.510 e. The van der Waals surface area contributed by atoms with Crippen molar-refractivity contribution in [2.75, 3.05) is 14.7 Å². The quantitative estimate of drug-likeness (QED) is 0.0904. The number of para-hydroxylation sites is 5. The van der Waals surface area contributed by atoms with E-state index in [1.165, 1.54) is 49.2 Å². The molecule has 83 heavy (non-hydrogen) atoms. The minimum absolute atomic E-state index is 0. The van der Waals surface area contributed by atoms with E-state index in [4.69, 9.17) is 9.72 Å². The molecular formula is C72H52BN7OPtSi-2. The van der Waals surface area contributed by atoms with Gasteiger partial charge in [0.1, 0.15) is 5.82 Å². The second-order valence-electron chi connectivity index (χ2n) is 23.6. The molecule has 4 aliphatic heterocycles. The molecule has 0 saturated heterocycles. The smallest absolute Gasteiger partial charge is 0.268 e.